The van der Waals surface area contributed by atoms with Crippen LogP contribution in [0.3, 0.4) is 0 Å². The van der Waals surface area contributed by atoms with Crippen LogP contribution in [0.4, 0.5) is 0 Å². The van der Waals surface area contributed by atoms with Crippen molar-refractivity contribution in [1.29, 1.82) is 0 Å². The Balaban J connectivity index is 2.13. The van der Waals surface area contributed by atoms with E-state index in [9.17, 15) is 9.90 Å². The highest BCUT2D eigenvalue weighted by molar-refractivity contribution is 5.75. The Bertz CT molecular complexity index is 185. The monoisotopic (exact) mass is 200 g/mol. The third-order valence-corrected chi connectivity index (χ3v) is 2.77. The van der Waals surface area contributed by atoms with E-state index >= 15 is 0 Å². The molecule has 0 aromatic rings. The number of hydrogen-bond acceptors (Lipinski definition) is 3. The summed E-state index contributed by atoms with van der Waals surface area (Å²) in [6, 6.07) is 0.188. The molecule has 0 saturated heterocycles. The van der Waals surface area contributed by atoms with Crippen LogP contribution in [-0.4, -0.2) is 36.8 Å². The van der Waals surface area contributed by atoms with Gasteiger partial charge in [-0.1, -0.05) is 12.8 Å². The number of hydrogen-bond donors (Lipinski definition) is 3. The van der Waals surface area contributed by atoms with E-state index in [2.05, 4.69) is 10.6 Å². The first-order valence-corrected chi connectivity index (χ1v) is 5.36. The molecule has 0 radical (unpaired) electrons. The zero-order chi connectivity index (χ0) is 10.4. The topological polar surface area (TPSA) is 61.4 Å². The van der Waals surface area contributed by atoms with E-state index in [4.69, 9.17) is 0 Å². The summed E-state index contributed by atoms with van der Waals surface area (Å²) in [5.74, 6) is 0.0443. The number of aliphatic hydroxyl groups is 1. The van der Waals surface area contributed by atoms with E-state index < -0.39 is 0 Å². The van der Waals surface area contributed by atoms with Crippen molar-refractivity contribution in [3.8, 4) is 0 Å². The maximum Gasteiger partial charge on any atom is 0.221 e. The quantitative estimate of drug-likeness (QED) is 0.599. The van der Waals surface area contributed by atoms with Crippen molar-refractivity contribution in [1.82, 2.24) is 10.6 Å². The van der Waals surface area contributed by atoms with E-state index in [-0.39, 0.29) is 18.1 Å². The molecule has 1 fully saturated rings. The van der Waals surface area contributed by atoms with Crippen LogP contribution in [0.25, 0.3) is 0 Å². The Kier molecular flexibility index (Phi) is 4.90. The molecule has 1 amide bonds. The summed E-state index contributed by atoms with van der Waals surface area (Å²) in [6.45, 7) is 0.654. The van der Waals surface area contributed by atoms with Crippen molar-refractivity contribution in [3.63, 3.8) is 0 Å². The minimum absolute atomic E-state index is 0.0443. The predicted molar refractivity (Wildman–Crippen MR) is 54.9 cm³/mol. The Labute approximate surface area is 85.1 Å². The van der Waals surface area contributed by atoms with E-state index in [1.165, 1.54) is 6.42 Å². The highest BCUT2D eigenvalue weighted by Crippen LogP contribution is 2.17. The van der Waals surface area contributed by atoms with Crippen molar-refractivity contribution in [3.05, 3.63) is 0 Å². The second-order valence-corrected chi connectivity index (χ2v) is 3.84. The van der Waals surface area contributed by atoms with Gasteiger partial charge in [-0.2, -0.15) is 0 Å². The van der Waals surface area contributed by atoms with Gasteiger partial charge in [-0.25, -0.2) is 0 Å². The zero-order valence-electron chi connectivity index (χ0n) is 8.75. The molecule has 14 heavy (non-hydrogen) atoms. The zero-order valence-corrected chi connectivity index (χ0v) is 8.75. The summed E-state index contributed by atoms with van der Waals surface area (Å²) in [7, 11) is 1.64. The van der Waals surface area contributed by atoms with Gasteiger partial charge >= 0.3 is 0 Å². The Hall–Kier alpha value is -0.610. The highest BCUT2D eigenvalue weighted by atomic mass is 16.3. The predicted octanol–water partition coefficient (Wildman–Crippen LogP) is 0.0156. The largest absolute Gasteiger partial charge is 0.392 e. The molecule has 1 aliphatic carbocycles. The molecule has 4 heteroatoms. The lowest BCUT2D eigenvalue weighted by Gasteiger charge is -2.28. The van der Waals surface area contributed by atoms with Crippen molar-refractivity contribution < 1.29 is 9.90 Å². The average molecular weight is 200 g/mol. The minimum Gasteiger partial charge on any atom is -0.392 e. The van der Waals surface area contributed by atoms with Crippen molar-refractivity contribution in [2.45, 2.75) is 44.2 Å². The second-order valence-electron chi connectivity index (χ2n) is 3.84. The smallest absolute Gasteiger partial charge is 0.221 e. The maximum absolute atomic E-state index is 10.9. The van der Waals surface area contributed by atoms with Crippen LogP contribution in [-0.2, 0) is 4.79 Å². The van der Waals surface area contributed by atoms with E-state index in [0.29, 0.717) is 13.0 Å². The van der Waals surface area contributed by atoms with Gasteiger partial charge in [0, 0.05) is 26.1 Å². The molecule has 0 aromatic heterocycles. The lowest BCUT2D eigenvalue weighted by atomic mass is 9.92. The van der Waals surface area contributed by atoms with Crippen LogP contribution in [0.5, 0.6) is 0 Å². The Morgan fingerprint density at radius 2 is 2.14 bits per heavy atom. The molecule has 2 atom stereocenters. The number of carbonyl (C=O) groups excluding carboxylic acids is 1. The summed E-state index contributed by atoms with van der Waals surface area (Å²) in [5.41, 5.74) is 0. The van der Waals surface area contributed by atoms with Crippen LogP contribution in [0.1, 0.15) is 32.1 Å². The molecule has 1 aliphatic rings. The van der Waals surface area contributed by atoms with Gasteiger partial charge in [-0.15, -0.1) is 0 Å². The molecule has 0 spiro atoms. The SMILES string of the molecule is CNC(=O)CCN[C@H]1CCCC[C@@H]1O. The number of amides is 1. The second kappa shape index (κ2) is 5.98. The Morgan fingerprint density at radius 3 is 2.79 bits per heavy atom. The Morgan fingerprint density at radius 1 is 1.43 bits per heavy atom. The van der Waals surface area contributed by atoms with Gasteiger partial charge in [-0.05, 0) is 12.8 Å². The van der Waals surface area contributed by atoms with E-state index in [1.807, 2.05) is 0 Å². The lowest BCUT2D eigenvalue weighted by Crippen LogP contribution is -2.43. The van der Waals surface area contributed by atoms with Crippen molar-refractivity contribution in [2.75, 3.05) is 13.6 Å². The van der Waals surface area contributed by atoms with Gasteiger partial charge < -0.3 is 15.7 Å². The van der Waals surface area contributed by atoms with Gasteiger partial charge in [0.05, 0.1) is 6.10 Å². The first-order chi connectivity index (χ1) is 6.74. The fourth-order valence-electron chi connectivity index (χ4n) is 1.85. The third-order valence-electron chi connectivity index (χ3n) is 2.77. The fourth-order valence-corrected chi connectivity index (χ4v) is 1.85. The van der Waals surface area contributed by atoms with Gasteiger partial charge in [-0.3, -0.25) is 4.79 Å². The molecule has 0 aliphatic heterocycles. The summed E-state index contributed by atoms with van der Waals surface area (Å²) in [5, 5.41) is 15.4. The number of nitrogens with one attached hydrogen (secondary N) is 2. The standard InChI is InChI=1S/C10H20N2O2/c1-11-10(14)6-7-12-8-4-2-3-5-9(8)13/h8-9,12-13H,2-7H2,1H3,(H,11,14)/t8-,9-/m0/s1. The minimum atomic E-state index is -0.228. The molecular weight excluding hydrogens is 180 g/mol. The van der Waals surface area contributed by atoms with Crippen molar-refractivity contribution >= 4 is 5.91 Å². The van der Waals surface area contributed by atoms with Gasteiger partial charge in [0.2, 0.25) is 5.91 Å². The normalized spacial score (nSPS) is 27.3. The molecular formula is C10H20N2O2. The molecule has 0 bridgehead atoms. The fraction of sp³-hybridized carbons (Fsp3) is 0.900. The first kappa shape index (κ1) is 11.5. The first-order valence-electron chi connectivity index (χ1n) is 5.36. The summed E-state index contributed by atoms with van der Waals surface area (Å²) in [4.78, 5) is 10.9. The van der Waals surface area contributed by atoms with Crippen LogP contribution < -0.4 is 10.6 Å². The average Bonchev–Trinajstić information content (AvgIpc) is 2.20. The van der Waals surface area contributed by atoms with Crippen LogP contribution in [0, 0.1) is 0 Å². The summed E-state index contributed by atoms with van der Waals surface area (Å²) < 4.78 is 0. The van der Waals surface area contributed by atoms with Crippen LogP contribution in [0.2, 0.25) is 0 Å². The third kappa shape index (κ3) is 3.64. The molecule has 0 heterocycles. The summed E-state index contributed by atoms with van der Waals surface area (Å²) in [6.07, 6.45) is 4.46. The molecule has 0 aromatic carbocycles. The maximum atomic E-state index is 10.9. The van der Waals surface area contributed by atoms with Crippen molar-refractivity contribution in [2.24, 2.45) is 0 Å². The van der Waals surface area contributed by atoms with Gasteiger partial charge in [0.15, 0.2) is 0 Å². The number of rotatable bonds is 4. The molecule has 4 nitrogen and oxygen atoms in total. The van der Waals surface area contributed by atoms with Gasteiger partial charge in [0.1, 0.15) is 0 Å². The molecule has 1 rings (SSSR count). The van der Waals surface area contributed by atoms with Crippen LogP contribution in [0.15, 0.2) is 0 Å². The highest BCUT2D eigenvalue weighted by Gasteiger charge is 2.21. The van der Waals surface area contributed by atoms with Gasteiger partial charge in [0.25, 0.3) is 0 Å². The number of aliphatic hydroxyl groups excluding tert-OH is 1. The molecule has 0 unspecified atom stereocenters. The molecule has 3 N–H and O–H groups in total. The molecule has 1 saturated carbocycles. The van der Waals surface area contributed by atoms with E-state index in [0.717, 1.165) is 19.3 Å². The molecule has 82 valence electrons. The van der Waals surface area contributed by atoms with Crippen LogP contribution >= 0.6 is 0 Å². The number of carbonyl (C=O) groups is 1. The lowest BCUT2D eigenvalue weighted by molar-refractivity contribution is -0.120. The van der Waals surface area contributed by atoms with E-state index in [1.54, 1.807) is 7.05 Å². The summed E-state index contributed by atoms with van der Waals surface area (Å²) >= 11 is 0.